The van der Waals surface area contributed by atoms with Gasteiger partial charge < -0.3 is 18.9 Å². The van der Waals surface area contributed by atoms with E-state index in [-0.39, 0.29) is 6.29 Å². The van der Waals surface area contributed by atoms with Crippen molar-refractivity contribution in [2.75, 3.05) is 27.4 Å². The van der Waals surface area contributed by atoms with E-state index in [1.807, 2.05) is 0 Å². The predicted octanol–water partition coefficient (Wildman–Crippen LogP) is 2.05. The molecule has 0 N–H and O–H groups in total. The number of carbonyl (C=O) groups is 2. The first-order valence-electron chi connectivity index (χ1n) is 7.44. The van der Waals surface area contributed by atoms with Gasteiger partial charge in [-0.25, -0.2) is 0 Å². The third-order valence-electron chi connectivity index (χ3n) is 3.78. The number of unbranched alkanes of at least 4 members (excludes halogenated alkanes) is 1. The fourth-order valence-corrected chi connectivity index (χ4v) is 2.38. The minimum absolute atomic E-state index is 0.105. The van der Waals surface area contributed by atoms with Crippen molar-refractivity contribution in [2.45, 2.75) is 51.7 Å². The lowest BCUT2D eigenvalue weighted by atomic mass is 9.85. The van der Waals surface area contributed by atoms with Crippen molar-refractivity contribution in [1.29, 1.82) is 0 Å². The normalized spacial score (nSPS) is 19.1. The first-order chi connectivity index (χ1) is 10.0. The molecule has 1 heterocycles. The Balaban J connectivity index is 2.30. The van der Waals surface area contributed by atoms with Gasteiger partial charge in [0.15, 0.2) is 11.7 Å². The largest absolute Gasteiger partial charge is 0.468 e. The summed E-state index contributed by atoms with van der Waals surface area (Å²) in [5.74, 6) is -1.13. The van der Waals surface area contributed by atoms with E-state index in [0.717, 1.165) is 32.3 Å². The molecule has 1 rings (SSSR count). The molecule has 0 aliphatic carbocycles. The molecule has 1 aliphatic heterocycles. The molecule has 1 aliphatic rings. The summed E-state index contributed by atoms with van der Waals surface area (Å²) in [5.41, 5.74) is -1.25. The zero-order valence-corrected chi connectivity index (χ0v) is 13.2. The van der Waals surface area contributed by atoms with E-state index < -0.39 is 17.4 Å². The highest BCUT2D eigenvalue weighted by molar-refractivity contribution is 5.99. The number of carbonyl (C=O) groups excluding carboxylic acids is 2. The monoisotopic (exact) mass is 302 g/mol. The highest BCUT2D eigenvalue weighted by Crippen LogP contribution is 2.27. The highest BCUT2D eigenvalue weighted by Gasteiger charge is 2.42. The zero-order chi connectivity index (χ0) is 15.7. The van der Waals surface area contributed by atoms with E-state index >= 15 is 0 Å². The van der Waals surface area contributed by atoms with Gasteiger partial charge in [0.05, 0.1) is 14.2 Å². The molecule has 0 aromatic heterocycles. The van der Waals surface area contributed by atoms with Gasteiger partial charge in [0.2, 0.25) is 0 Å². The topological polar surface area (TPSA) is 71.1 Å². The van der Waals surface area contributed by atoms with Crippen LogP contribution in [0.2, 0.25) is 0 Å². The van der Waals surface area contributed by atoms with E-state index in [4.69, 9.17) is 18.9 Å². The van der Waals surface area contributed by atoms with Crippen LogP contribution in [0.25, 0.3) is 0 Å². The Morgan fingerprint density at radius 1 is 1.14 bits per heavy atom. The van der Waals surface area contributed by atoms with Crippen LogP contribution in [0.4, 0.5) is 0 Å². The van der Waals surface area contributed by atoms with E-state index in [0.29, 0.717) is 19.4 Å². The smallest absolute Gasteiger partial charge is 0.322 e. The Kier molecular flexibility index (Phi) is 7.67. The second-order valence-electron chi connectivity index (χ2n) is 5.44. The molecule has 0 radical (unpaired) electrons. The quantitative estimate of drug-likeness (QED) is 0.388. The lowest BCUT2D eigenvalue weighted by molar-refractivity contribution is -0.169. The number of esters is 2. The van der Waals surface area contributed by atoms with Crippen molar-refractivity contribution in [3.8, 4) is 0 Å². The Morgan fingerprint density at radius 2 is 1.81 bits per heavy atom. The summed E-state index contributed by atoms with van der Waals surface area (Å²) < 4.78 is 20.5. The van der Waals surface area contributed by atoms with Crippen molar-refractivity contribution in [3.05, 3.63) is 0 Å². The molecule has 1 unspecified atom stereocenters. The van der Waals surface area contributed by atoms with Gasteiger partial charge in [-0.2, -0.15) is 0 Å². The Hall–Kier alpha value is -1.14. The van der Waals surface area contributed by atoms with Crippen LogP contribution in [-0.2, 0) is 28.5 Å². The van der Waals surface area contributed by atoms with Crippen LogP contribution < -0.4 is 0 Å². The molecule has 1 saturated heterocycles. The van der Waals surface area contributed by atoms with Crippen LogP contribution in [0.3, 0.4) is 0 Å². The summed E-state index contributed by atoms with van der Waals surface area (Å²) in [5, 5.41) is 0. The standard InChI is InChI=1S/C15H26O6/c1-15(13(16)18-2,14(17)19-3)9-5-7-11-21-12-8-4-6-10-20-12/h12H,4-11H2,1-3H3. The third kappa shape index (κ3) is 5.28. The maximum absolute atomic E-state index is 11.8. The van der Waals surface area contributed by atoms with Crippen LogP contribution >= 0.6 is 0 Å². The van der Waals surface area contributed by atoms with Crippen molar-refractivity contribution < 1.29 is 28.5 Å². The molecule has 6 heteroatoms. The van der Waals surface area contributed by atoms with Crippen LogP contribution in [-0.4, -0.2) is 45.7 Å². The van der Waals surface area contributed by atoms with Gasteiger partial charge in [-0.05, 0) is 45.4 Å². The lowest BCUT2D eigenvalue weighted by Gasteiger charge is -2.24. The molecule has 0 aromatic rings. The van der Waals surface area contributed by atoms with Gasteiger partial charge in [0.25, 0.3) is 0 Å². The maximum atomic E-state index is 11.8. The van der Waals surface area contributed by atoms with E-state index in [9.17, 15) is 9.59 Å². The summed E-state index contributed by atoms with van der Waals surface area (Å²) in [6, 6.07) is 0. The molecule has 1 fully saturated rings. The van der Waals surface area contributed by atoms with Crippen molar-refractivity contribution >= 4 is 11.9 Å². The minimum atomic E-state index is -1.25. The molecule has 1 atom stereocenters. The van der Waals surface area contributed by atoms with E-state index in [1.54, 1.807) is 6.92 Å². The number of hydrogen-bond acceptors (Lipinski definition) is 6. The first kappa shape index (κ1) is 17.9. The van der Waals surface area contributed by atoms with E-state index in [1.165, 1.54) is 14.2 Å². The molecular formula is C15H26O6. The third-order valence-corrected chi connectivity index (χ3v) is 3.78. The van der Waals surface area contributed by atoms with Gasteiger partial charge >= 0.3 is 11.9 Å². The van der Waals surface area contributed by atoms with Crippen LogP contribution in [0, 0.1) is 5.41 Å². The van der Waals surface area contributed by atoms with Crippen LogP contribution in [0.15, 0.2) is 0 Å². The average Bonchev–Trinajstić information content (AvgIpc) is 2.53. The molecule has 0 saturated carbocycles. The lowest BCUT2D eigenvalue weighted by Crippen LogP contribution is -2.38. The molecule has 0 amide bonds. The van der Waals surface area contributed by atoms with Gasteiger partial charge in [0.1, 0.15) is 0 Å². The van der Waals surface area contributed by atoms with Gasteiger partial charge in [-0.1, -0.05) is 0 Å². The molecule has 6 nitrogen and oxygen atoms in total. The van der Waals surface area contributed by atoms with Crippen molar-refractivity contribution in [1.82, 2.24) is 0 Å². The molecule has 122 valence electrons. The summed E-state index contributed by atoms with van der Waals surface area (Å²) in [6.45, 7) is 2.87. The molecule has 21 heavy (non-hydrogen) atoms. The van der Waals surface area contributed by atoms with Crippen LogP contribution in [0.5, 0.6) is 0 Å². The highest BCUT2D eigenvalue weighted by atomic mass is 16.7. The van der Waals surface area contributed by atoms with Gasteiger partial charge in [-0.3, -0.25) is 9.59 Å². The number of methoxy groups -OCH3 is 2. The van der Waals surface area contributed by atoms with Crippen molar-refractivity contribution in [3.63, 3.8) is 0 Å². The van der Waals surface area contributed by atoms with Crippen molar-refractivity contribution in [2.24, 2.45) is 5.41 Å². The second kappa shape index (κ2) is 9.00. The van der Waals surface area contributed by atoms with E-state index in [2.05, 4.69) is 0 Å². The summed E-state index contributed by atoms with van der Waals surface area (Å²) in [6.07, 6.45) is 4.86. The zero-order valence-electron chi connectivity index (χ0n) is 13.2. The fourth-order valence-electron chi connectivity index (χ4n) is 2.38. The predicted molar refractivity (Wildman–Crippen MR) is 75.5 cm³/mol. The molecule has 0 spiro atoms. The number of rotatable bonds is 8. The summed E-state index contributed by atoms with van der Waals surface area (Å²) in [7, 11) is 2.54. The van der Waals surface area contributed by atoms with Gasteiger partial charge in [-0.15, -0.1) is 0 Å². The minimum Gasteiger partial charge on any atom is -0.468 e. The summed E-state index contributed by atoms with van der Waals surface area (Å²) >= 11 is 0. The Labute approximate surface area is 126 Å². The maximum Gasteiger partial charge on any atom is 0.322 e. The van der Waals surface area contributed by atoms with Gasteiger partial charge in [0, 0.05) is 13.2 Å². The first-order valence-corrected chi connectivity index (χ1v) is 7.44. The SMILES string of the molecule is COC(=O)C(C)(CCCCOC1CCCCO1)C(=O)OC. The molecular weight excluding hydrogens is 276 g/mol. The fraction of sp³-hybridized carbons (Fsp3) is 0.867. The number of ether oxygens (including phenoxy) is 4. The molecule has 0 bridgehead atoms. The number of hydrogen-bond donors (Lipinski definition) is 0. The Bertz CT molecular complexity index is 319. The van der Waals surface area contributed by atoms with Crippen LogP contribution in [0.1, 0.15) is 45.4 Å². The summed E-state index contributed by atoms with van der Waals surface area (Å²) in [4.78, 5) is 23.5. The average molecular weight is 302 g/mol. The Morgan fingerprint density at radius 3 is 2.33 bits per heavy atom. The molecule has 0 aromatic carbocycles. The second-order valence-corrected chi connectivity index (χ2v) is 5.44.